The second-order valence-corrected chi connectivity index (χ2v) is 4.26. The monoisotopic (exact) mass is 277 g/mol. The molecule has 3 nitrogen and oxygen atoms in total. The van der Waals surface area contributed by atoms with Gasteiger partial charge in [-0.15, -0.1) is 0 Å². The van der Waals surface area contributed by atoms with Crippen LogP contribution in [-0.2, 0) is 15.8 Å². The van der Waals surface area contributed by atoms with Crippen LogP contribution in [0.3, 0.4) is 0 Å². The Balaban J connectivity index is 2.42. The molecule has 0 saturated carbocycles. The van der Waals surface area contributed by atoms with Gasteiger partial charge in [0.25, 0.3) is 0 Å². The van der Waals surface area contributed by atoms with Crippen molar-refractivity contribution in [2.45, 2.75) is 12.6 Å². The van der Waals surface area contributed by atoms with Crippen molar-refractivity contribution in [1.29, 1.82) is 0 Å². The van der Waals surface area contributed by atoms with Crippen LogP contribution in [0.2, 0.25) is 5.02 Å². The Morgan fingerprint density at radius 2 is 1.89 bits per heavy atom. The Morgan fingerprint density at radius 1 is 1.22 bits per heavy atom. The van der Waals surface area contributed by atoms with E-state index >= 15 is 0 Å². The van der Waals surface area contributed by atoms with Gasteiger partial charge in [0, 0.05) is 5.69 Å². The number of carbonyl (C=O) groups is 2. The lowest BCUT2D eigenvalue weighted by Crippen LogP contribution is -2.25. The van der Waals surface area contributed by atoms with Crippen molar-refractivity contribution in [3.05, 3.63) is 28.8 Å². The molecule has 1 heterocycles. The highest BCUT2D eigenvalue weighted by Crippen LogP contribution is 2.37. The fourth-order valence-corrected chi connectivity index (χ4v) is 1.94. The molecule has 7 heteroatoms. The maximum atomic E-state index is 12.6. The largest absolute Gasteiger partial charge is 0.417 e. The predicted molar refractivity (Wildman–Crippen MR) is 58.4 cm³/mol. The lowest BCUT2D eigenvalue weighted by Gasteiger charge is -2.17. The molecule has 1 aromatic carbocycles. The number of hydrogen-bond donors (Lipinski definition) is 0. The van der Waals surface area contributed by atoms with Crippen molar-refractivity contribution in [1.82, 2.24) is 0 Å². The summed E-state index contributed by atoms with van der Waals surface area (Å²) in [6, 6.07) is 3.13. The number of alkyl halides is 3. The van der Waals surface area contributed by atoms with Crippen LogP contribution in [0.15, 0.2) is 18.2 Å². The number of benzene rings is 1. The minimum Gasteiger partial charge on any atom is -0.305 e. The molecule has 18 heavy (non-hydrogen) atoms. The molecule has 0 spiro atoms. The Morgan fingerprint density at radius 3 is 2.39 bits per heavy atom. The summed E-state index contributed by atoms with van der Waals surface area (Å²) in [6.45, 7) is -0.197. The summed E-state index contributed by atoms with van der Waals surface area (Å²) in [6.07, 6.45) is -4.87. The van der Waals surface area contributed by atoms with Gasteiger partial charge in [-0.05, 0) is 18.2 Å². The Labute approximate surface area is 105 Å². The van der Waals surface area contributed by atoms with Crippen LogP contribution in [0.1, 0.15) is 12.0 Å². The number of rotatable bonds is 1. The Hall–Kier alpha value is -1.56. The zero-order valence-corrected chi connectivity index (χ0v) is 9.68. The molecule has 1 aliphatic heterocycles. The van der Waals surface area contributed by atoms with E-state index in [0.29, 0.717) is 0 Å². The molecule has 1 saturated heterocycles. The van der Waals surface area contributed by atoms with Crippen molar-refractivity contribution < 1.29 is 22.8 Å². The number of Topliss-reactive ketones (excluding diaryl/α,β-unsaturated/α-hetero) is 1. The fraction of sp³-hybridized carbons (Fsp3) is 0.273. The Bertz CT molecular complexity index is 528. The van der Waals surface area contributed by atoms with E-state index in [4.69, 9.17) is 11.6 Å². The van der Waals surface area contributed by atoms with Gasteiger partial charge in [-0.3, -0.25) is 9.59 Å². The summed E-state index contributed by atoms with van der Waals surface area (Å²) in [5.74, 6) is -0.820. The van der Waals surface area contributed by atoms with Gasteiger partial charge < -0.3 is 4.90 Å². The normalized spacial score (nSPS) is 16.6. The number of halogens is 4. The van der Waals surface area contributed by atoms with Gasteiger partial charge in [0.15, 0.2) is 5.78 Å². The van der Waals surface area contributed by atoms with E-state index in [1.807, 2.05) is 0 Å². The van der Waals surface area contributed by atoms with Crippen molar-refractivity contribution in [2.75, 3.05) is 11.4 Å². The first-order valence-electron chi connectivity index (χ1n) is 4.98. The van der Waals surface area contributed by atoms with Gasteiger partial charge >= 0.3 is 6.18 Å². The third-order valence-electron chi connectivity index (χ3n) is 2.55. The summed E-state index contributed by atoms with van der Waals surface area (Å²) >= 11 is 5.46. The van der Waals surface area contributed by atoms with Crippen molar-refractivity contribution in [3.63, 3.8) is 0 Å². The quantitative estimate of drug-likeness (QED) is 0.740. The molecule has 2 rings (SSSR count). The average molecular weight is 278 g/mol. The molecule has 0 bridgehead atoms. The van der Waals surface area contributed by atoms with Gasteiger partial charge in [-0.25, -0.2) is 0 Å². The van der Waals surface area contributed by atoms with E-state index < -0.39 is 22.7 Å². The van der Waals surface area contributed by atoms with Crippen molar-refractivity contribution in [3.8, 4) is 0 Å². The summed E-state index contributed by atoms with van der Waals surface area (Å²) < 4.78 is 37.9. The summed E-state index contributed by atoms with van der Waals surface area (Å²) in [4.78, 5) is 23.5. The molecular weight excluding hydrogens is 271 g/mol. The van der Waals surface area contributed by atoms with Crippen LogP contribution in [0, 0.1) is 0 Å². The van der Waals surface area contributed by atoms with Gasteiger partial charge in [-0.2, -0.15) is 13.2 Å². The van der Waals surface area contributed by atoms with Crippen LogP contribution < -0.4 is 4.90 Å². The van der Waals surface area contributed by atoms with Gasteiger partial charge in [0.1, 0.15) is 0 Å². The van der Waals surface area contributed by atoms with Gasteiger partial charge in [0.05, 0.1) is 23.6 Å². The number of anilines is 1. The zero-order valence-electron chi connectivity index (χ0n) is 8.92. The van der Waals surface area contributed by atoms with Crippen LogP contribution in [-0.4, -0.2) is 18.2 Å². The van der Waals surface area contributed by atoms with Gasteiger partial charge in [0.2, 0.25) is 5.91 Å². The minimum atomic E-state index is -4.60. The SMILES string of the molecule is O=C1CC(=O)N(c2ccc(Cl)c(C(F)(F)F)c2)C1. The smallest absolute Gasteiger partial charge is 0.305 e. The molecule has 96 valence electrons. The topological polar surface area (TPSA) is 37.4 Å². The van der Waals surface area contributed by atoms with Crippen LogP contribution >= 0.6 is 11.6 Å². The minimum absolute atomic E-state index is 0.0302. The second kappa shape index (κ2) is 4.28. The molecule has 1 amide bonds. The first-order valence-corrected chi connectivity index (χ1v) is 5.35. The molecular formula is C11H7ClF3NO2. The van der Waals surface area contributed by atoms with Crippen LogP contribution in [0.25, 0.3) is 0 Å². The number of carbonyl (C=O) groups excluding carboxylic acids is 2. The number of ketones is 1. The first kappa shape index (κ1) is 12.9. The summed E-state index contributed by atoms with van der Waals surface area (Å²) in [5.41, 5.74) is -0.989. The highest BCUT2D eigenvalue weighted by molar-refractivity contribution is 6.31. The van der Waals surface area contributed by atoms with Crippen molar-refractivity contribution >= 4 is 29.0 Å². The number of hydrogen-bond acceptors (Lipinski definition) is 2. The third-order valence-corrected chi connectivity index (χ3v) is 2.88. The summed E-state index contributed by atoms with van der Waals surface area (Å²) in [5, 5.41) is -0.441. The average Bonchev–Trinajstić information content (AvgIpc) is 2.57. The number of nitrogens with zero attached hydrogens (tertiary/aromatic N) is 1. The molecule has 0 aromatic heterocycles. The molecule has 0 radical (unpaired) electrons. The third kappa shape index (κ3) is 2.33. The number of amides is 1. The van der Waals surface area contributed by atoms with Crippen LogP contribution in [0.5, 0.6) is 0 Å². The molecule has 0 N–H and O–H groups in total. The van der Waals surface area contributed by atoms with Gasteiger partial charge in [-0.1, -0.05) is 11.6 Å². The molecule has 0 aliphatic carbocycles. The van der Waals surface area contributed by atoms with E-state index in [-0.39, 0.29) is 24.4 Å². The Kier molecular flexibility index (Phi) is 3.06. The zero-order chi connectivity index (χ0) is 13.5. The maximum Gasteiger partial charge on any atom is 0.417 e. The summed E-state index contributed by atoms with van der Waals surface area (Å²) in [7, 11) is 0. The predicted octanol–water partition coefficient (Wildman–Crippen LogP) is 2.66. The van der Waals surface area contributed by atoms with E-state index in [1.165, 1.54) is 6.07 Å². The van der Waals surface area contributed by atoms with E-state index in [1.54, 1.807) is 0 Å². The molecule has 0 atom stereocenters. The van der Waals surface area contributed by atoms with E-state index in [9.17, 15) is 22.8 Å². The highest BCUT2D eigenvalue weighted by atomic mass is 35.5. The van der Waals surface area contributed by atoms with E-state index in [2.05, 4.69) is 0 Å². The van der Waals surface area contributed by atoms with Crippen molar-refractivity contribution in [2.24, 2.45) is 0 Å². The van der Waals surface area contributed by atoms with Crippen LogP contribution in [0.4, 0.5) is 18.9 Å². The molecule has 0 unspecified atom stereocenters. The molecule has 1 fully saturated rings. The lowest BCUT2D eigenvalue weighted by molar-refractivity contribution is -0.137. The lowest BCUT2D eigenvalue weighted by atomic mass is 10.2. The first-order chi connectivity index (χ1) is 8.29. The fourth-order valence-electron chi connectivity index (χ4n) is 1.72. The van der Waals surface area contributed by atoms with E-state index in [0.717, 1.165) is 17.0 Å². The second-order valence-electron chi connectivity index (χ2n) is 3.86. The standard InChI is InChI=1S/C11H7ClF3NO2/c12-9-2-1-6(3-8(9)11(13,14)15)16-5-7(17)4-10(16)18/h1-3H,4-5H2. The molecule has 1 aliphatic rings. The molecule has 1 aromatic rings. The highest BCUT2D eigenvalue weighted by Gasteiger charge is 2.35. The maximum absolute atomic E-state index is 12.6.